The number of nitrogens with zero attached hydrogens (tertiary/aromatic N) is 7. The Morgan fingerprint density at radius 2 is 2.04 bits per heavy atom. The van der Waals surface area contributed by atoms with E-state index in [1.165, 1.54) is 0 Å². The van der Waals surface area contributed by atoms with Gasteiger partial charge in [-0.1, -0.05) is 30.2 Å². The molecule has 25 heavy (non-hydrogen) atoms. The Morgan fingerprint density at radius 3 is 2.84 bits per heavy atom. The van der Waals surface area contributed by atoms with Gasteiger partial charge in [0, 0.05) is 13.1 Å². The molecular weight excluding hydrogens is 318 g/mol. The van der Waals surface area contributed by atoms with E-state index in [2.05, 4.69) is 25.5 Å². The summed E-state index contributed by atoms with van der Waals surface area (Å²) in [6, 6.07) is 11.9. The Morgan fingerprint density at radius 1 is 1.20 bits per heavy atom. The van der Waals surface area contributed by atoms with Crippen molar-refractivity contribution in [1.82, 2.24) is 30.0 Å². The van der Waals surface area contributed by atoms with Crippen LogP contribution in [0.3, 0.4) is 0 Å². The van der Waals surface area contributed by atoms with E-state index in [-0.39, 0.29) is 0 Å². The SMILES string of the molecule is CC[C@@H](O)c1cc2n(n1)CCCN(c1nnnn1-c1ccccc1)C2. The lowest BCUT2D eigenvalue weighted by Crippen LogP contribution is -2.26. The van der Waals surface area contributed by atoms with Crippen LogP contribution in [0.5, 0.6) is 0 Å². The van der Waals surface area contributed by atoms with Gasteiger partial charge in [-0.05, 0) is 41.5 Å². The largest absolute Gasteiger partial charge is 0.387 e. The van der Waals surface area contributed by atoms with Gasteiger partial charge in [0.05, 0.1) is 29.7 Å². The minimum atomic E-state index is -0.512. The fourth-order valence-corrected chi connectivity index (χ4v) is 3.14. The summed E-state index contributed by atoms with van der Waals surface area (Å²) in [4.78, 5) is 2.16. The minimum absolute atomic E-state index is 0.512. The van der Waals surface area contributed by atoms with Crippen molar-refractivity contribution in [2.75, 3.05) is 11.4 Å². The predicted molar refractivity (Wildman–Crippen MR) is 92.3 cm³/mol. The Hall–Kier alpha value is -2.74. The molecule has 0 saturated heterocycles. The summed E-state index contributed by atoms with van der Waals surface area (Å²) < 4.78 is 3.75. The monoisotopic (exact) mass is 339 g/mol. The molecule has 1 aromatic carbocycles. The number of rotatable bonds is 4. The second-order valence-electron chi connectivity index (χ2n) is 6.21. The normalized spacial score (nSPS) is 15.7. The van der Waals surface area contributed by atoms with Crippen molar-refractivity contribution < 1.29 is 5.11 Å². The Labute approximate surface area is 145 Å². The number of fused-ring (bicyclic) bond motifs is 1. The molecule has 0 amide bonds. The van der Waals surface area contributed by atoms with E-state index < -0.39 is 6.10 Å². The van der Waals surface area contributed by atoms with Crippen LogP contribution in [0, 0.1) is 0 Å². The number of aryl methyl sites for hydroxylation is 1. The average molecular weight is 339 g/mol. The van der Waals surface area contributed by atoms with Crippen molar-refractivity contribution in [3.63, 3.8) is 0 Å². The zero-order valence-corrected chi connectivity index (χ0v) is 14.2. The van der Waals surface area contributed by atoms with Crippen LogP contribution in [-0.2, 0) is 13.1 Å². The Bertz CT molecular complexity index is 842. The summed E-state index contributed by atoms with van der Waals surface area (Å²) in [6.07, 6.45) is 1.09. The fraction of sp³-hybridized carbons (Fsp3) is 0.412. The molecule has 3 aromatic rings. The van der Waals surface area contributed by atoms with Crippen molar-refractivity contribution in [2.45, 2.75) is 39.0 Å². The van der Waals surface area contributed by atoms with Crippen molar-refractivity contribution in [3.8, 4) is 5.69 Å². The molecule has 1 N–H and O–H groups in total. The third kappa shape index (κ3) is 3.00. The van der Waals surface area contributed by atoms with E-state index in [0.29, 0.717) is 13.0 Å². The van der Waals surface area contributed by atoms with Crippen LogP contribution >= 0.6 is 0 Å². The molecule has 0 saturated carbocycles. The van der Waals surface area contributed by atoms with Crippen LogP contribution in [0.2, 0.25) is 0 Å². The van der Waals surface area contributed by atoms with Gasteiger partial charge in [-0.3, -0.25) is 4.68 Å². The highest BCUT2D eigenvalue weighted by Gasteiger charge is 2.23. The number of hydrogen-bond acceptors (Lipinski definition) is 6. The van der Waals surface area contributed by atoms with Crippen molar-refractivity contribution in [2.24, 2.45) is 0 Å². The van der Waals surface area contributed by atoms with E-state index in [0.717, 1.165) is 42.5 Å². The van der Waals surface area contributed by atoms with E-state index in [1.54, 1.807) is 4.68 Å². The molecule has 130 valence electrons. The molecular formula is C17H21N7O. The number of aromatic nitrogens is 6. The zero-order chi connectivity index (χ0) is 17.2. The molecule has 0 fully saturated rings. The van der Waals surface area contributed by atoms with Gasteiger partial charge >= 0.3 is 0 Å². The molecule has 0 aliphatic carbocycles. The van der Waals surface area contributed by atoms with Gasteiger partial charge in [-0.2, -0.15) is 9.78 Å². The first-order valence-electron chi connectivity index (χ1n) is 8.59. The van der Waals surface area contributed by atoms with E-state index in [1.807, 2.05) is 48.0 Å². The third-order valence-corrected chi connectivity index (χ3v) is 4.50. The maximum absolute atomic E-state index is 10.1. The van der Waals surface area contributed by atoms with Crippen molar-refractivity contribution in [3.05, 3.63) is 47.8 Å². The van der Waals surface area contributed by atoms with Crippen LogP contribution in [0.4, 0.5) is 5.95 Å². The summed E-state index contributed by atoms with van der Waals surface area (Å²) in [5.74, 6) is 0.721. The highest BCUT2D eigenvalue weighted by atomic mass is 16.3. The second-order valence-corrected chi connectivity index (χ2v) is 6.21. The summed E-state index contributed by atoms with van der Waals surface area (Å²) in [6.45, 7) is 4.30. The topological polar surface area (TPSA) is 84.9 Å². The minimum Gasteiger partial charge on any atom is -0.387 e. The van der Waals surface area contributed by atoms with Gasteiger partial charge in [0.15, 0.2) is 0 Å². The molecule has 1 aliphatic rings. The van der Waals surface area contributed by atoms with Crippen LogP contribution in [-0.4, -0.2) is 41.6 Å². The highest BCUT2D eigenvalue weighted by molar-refractivity contribution is 5.41. The molecule has 0 unspecified atom stereocenters. The maximum atomic E-state index is 10.1. The molecule has 0 radical (unpaired) electrons. The van der Waals surface area contributed by atoms with Crippen LogP contribution < -0.4 is 4.90 Å². The van der Waals surface area contributed by atoms with E-state index in [9.17, 15) is 5.11 Å². The predicted octanol–water partition coefficient (Wildman–Crippen LogP) is 1.71. The van der Waals surface area contributed by atoms with Gasteiger partial charge in [-0.15, -0.1) is 0 Å². The van der Waals surface area contributed by atoms with Crippen LogP contribution in [0.1, 0.15) is 37.3 Å². The quantitative estimate of drug-likeness (QED) is 0.779. The lowest BCUT2D eigenvalue weighted by atomic mass is 10.2. The summed E-state index contributed by atoms with van der Waals surface area (Å²) >= 11 is 0. The highest BCUT2D eigenvalue weighted by Crippen LogP contribution is 2.23. The molecule has 1 atom stereocenters. The van der Waals surface area contributed by atoms with Crippen LogP contribution in [0.15, 0.2) is 36.4 Å². The van der Waals surface area contributed by atoms with Crippen molar-refractivity contribution >= 4 is 5.95 Å². The van der Waals surface area contributed by atoms with Gasteiger partial charge in [0.1, 0.15) is 0 Å². The van der Waals surface area contributed by atoms with Gasteiger partial charge < -0.3 is 10.0 Å². The molecule has 1 aliphatic heterocycles. The number of tetrazole rings is 1. The average Bonchev–Trinajstić information content (AvgIpc) is 3.24. The fourth-order valence-electron chi connectivity index (χ4n) is 3.14. The first-order valence-corrected chi connectivity index (χ1v) is 8.59. The Balaban J connectivity index is 1.65. The van der Waals surface area contributed by atoms with E-state index in [4.69, 9.17) is 0 Å². The first kappa shape index (κ1) is 15.8. The number of benzene rings is 1. The number of para-hydroxylation sites is 1. The number of aliphatic hydroxyl groups excluding tert-OH is 1. The number of hydrogen-bond donors (Lipinski definition) is 1. The van der Waals surface area contributed by atoms with Gasteiger partial charge in [0.25, 0.3) is 5.95 Å². The summed E-state index contributed by atoms with van der Waals surface area (Å²) in [7, 11) is 0. The summed E-state index contributed by atoms with van der Waals surface area (Å²) in [5.41, 5.74) is 2.74. The Kier molecular flexibility index (Phi) is 4.19. The third-order valence-electron chi connectivity index (χ3n) is 4.50. The van der Waals surface area contributed by atoms with Gasteiger partial charge in [-0.25, -0.2) is 0 Å². The molecule has 2 aromatic heterocycles. The maximum Gasteiger partial charge on any atom is 0.250 e. The van der Waals surface area contributed by atoms with Gasteiger partial charge in [0.2, 0.25) is 0 Å². The first-order chi connectivity index (χ1) is 12.3. The second kappa shape index (κ2) is 6.64. The smallest absolute Gasteiger partial charge is 0.250 e. The van der Waals surface area contributed by atoms with Crippen molar-refractivity contribution in [1.29, 1.82) is 0 Å². The molecule has 4 rings (SSSR count). The molecule has 3 heterocycles. The summed E-state index contributed by atoms with van der Waals surface area (Å²) in [5, 5.41) is 26.9. The zero-order valence-electron chi connectivity index (χ0n) is 14.2. The number of anilines is 1. The lowest BCUT2D eigenvalue weighted by Gasteiger charge is -2.20. The molecule has 0 bridgehead atoms. The molecule has 8 heteroatoms. The standard InChI is InChI=1S/C17H21N7O/c1-2-16(25)15-11-14-12-22(9-6-10-23(14)19-15)17-18-20-21-24(17)13-7-4-3-5-8-13/h3-5,7-8,11,16,25H,2,6,9-10,12H2,1H3/t16-/m1/s1. The van der Waals surface area contributed by atoms with Crippen LogP contribution in [0.25, 0.3) is 5.69 Å². The molecule has 0 spiro atoms. The lowest BCUT2D eigenvalue weighted by molar-refractivity contribution is 0.168. The molecule has 8 nitrogen and oxygen atoms in total. The van der Waals surface area contributed by atoms with E-state index >= 15 is 0 Å². The number of aliphatic hydroxyl groups is 1.